The Morgan fingerprint density at radius 3 is 2.62 bits per heavy atom. The smallest absolute Gasteiger partial charge is 0.338 e. The zero-order chi connectivity index (χ0) is 21.1. The van der Waals surface area contributed by atoms with E-state index in [0.29, 0.717) is 0 Å². The molecule has 156 valence electrons. The van der Waals surface area contributed by atoms with E-state index in [4.69, 9.17) is 9.47 Å². The van der Waals surface area contributed by atoms with Crippen molar-refractivity contribution in [1.29, 1.82) is 0 Å². The summed E-state index contributed by atoms with van der Waals surface area (Å²) in [6, 6.07) is 5.70. The second-order valence-electron chi connectivity index (χ2n) is 6.73. The summed E-state index contributed by atoms with van der Waals surface area (Å²) >= 11 is 0. The van der Waals surface area contributed by atoms with Crippen molar-refractivity contribution in [2.24, 2.45) is 0 Å². The predicted octanol–water partition coefficient (Wildman–Crippen LogP) is -0.122. The van der Waals surface area contributed by atoms with Crippen LogP contribution in [-0.4, -0.2) is 83.3 Å². The largest absolute Gasteiger partial charge is 0.465 e. The SMILES string of the molecule is COC(=O)c1ccccc1C(=O)NC1C=CN(C2OC(CO)CC2O)C(=O)N1C. The molecule has 0 radical (unpaired) electrons. The third kappa shape index (κ3) is 4.09. The van der Waals surface area contributed by atoms with Crippen molar-refractivity contribution >= 4 is 17.9 Å². The number of methoxy groups -OCH3 is 1. The molecule has 4 unspecified atom stereocenters. The number of nitrogens with zero attached hydrogens (tertiary/aromatic N) is 2. The third-order valence-corrected chi connectivity index (χ3v) is 4.87. The molecule has 10 heteroatoms. The third-order valence-electron chi connectivity index (χ3n) is 4.87. The van der Waals surface area contributed by atoms with Crippen LogP contribution < -0.4 is 5.32 Å². The van der Waals surface area contributed by atoms with Crippen LogP contribution in [-0.2, 0) is 9.47 Å². The van der Waals surface area contributed by atoms with Crippen LogP contribution in [0.4, 0.5) is 4.79 Å². The lowest BCUT2D eigenvalue weighted by Gasteiger charge is -2.38. The molecule has 0 spiro atoms. The summed E-state index contributed by atoms with van der Waals surface area (Å²) in [5, 5.41) is 22.0. The molecular formula is C19H23N3O7. The number of aliphatic hydroxyl groups excluding tert-OH is 2. The van der Waals surface area contributed by atoms with Gasteiger partial charge in [-0.25, -0.2) is 9.59 Å². The maximum Gasteiger partial charge on any atom is 0.338 e. The molecule has 0 aliphatic carbocycles. The van der Waals surface area contributed by atoms with Crippen molar-refractivity contribution in [3.8, 4) is 0 Å². The van der Waals surface area contributed by atoms with Gasteiger partial charge in [-0.3, -0.25) is 9.69 Å². The van der Waals surface area contributed by atoms with Crippen LogP contribution in [0.3, 0.4) is 0 Å². The number of rotatable bonds is 5. The Morgan fingerprint density at radius 1 is 1.31 bits per heavy atom. The molecule has 0 bridgehead atoms. The lowest BCUT2D eigenvalue weighted by Crippen LogP contribution is -2.57. The van der Waals surface area contributed by atoms with E-state index < -0.39 is 42.5 Å². The standard InChI is InChI=1S/C19H23N3O7/c1-21-15(20-16(25)12-5-3-4-6-13(12)18(26)28-2)7-8-22(19(21)27)17-14(24)9-11(10-23)29-17/h3-8,11,14-15,17,23-24H,9-10H2,1-2H3,(H,20,25). The lowest BCUT2D eigenvalue weighted by atomic mass is 10.1. The summed E-state index contributed by atoms with van der Waals surface area (Å²) in [6.07, 6.45) is 0.0165. The van der Waals surface area contributed by atoms with Gasteiger partial charge in [0.05, 0.1) is 30.9 Å². The normalized spacial score (nSPS) is 26.6. The Balaban J connectivity index is 1.74. The van der Waals surface area contributed by atoms with Gasteiger partial charge in [0.15, 0.2) is 6.23 Å². The van der Waals surface area contributed by atoms with E-state index in [1.54, 1.807) is 18.2 Å². The first-order chi connectivity index (χ1) is 13.9. The molecule has 1 aromatic rings. The first kappa shape index (κ1) is 20.8. The van der Waals surface area contributed by atoms with Gasteiger partial charge in [0.1, 0.15) is 12.3 Å². The van der Waals surface area contributed by atoms with E-state index in [2.05, 4.69) is 5.32 Å². The second kappa shape index (κ2) is 8.60. The molecule has 1 saturated heterocycles. The number of hydrogen-bond donors (Lipinski definition) is 3. The van der Waals surface area contributed by atoms with Crippen LogP contribution in [0.5, 0.6) is 0 Å². The molecular weight excluding hydrogens is 382 g/mol. The number of likely N-dealkylation sites (N-methyl/N-ethyl adjacent to an activating group) is 1. The fourth-order valence-electron chi connectivity index (χ4n) is 3.29. The number of carbonyl (C=O) groups is 3. The zero-order valence-corrected chi connectivity index (χ0v) is 16.0. The van der Waals surface area contributed by atoms with Crippen LogP contribution in [0.15, 0.2) is 36.5 Å². The number of benzene rings is 1. The van der Waals surface area contributed by atoms with Gasteiger partial charge >= 0.3 is 12.0 Å². The van der Waals surface area contributed by atoms with Crippen LogP contribution >= 0.6 is 0 Å². The average Bonchev–Trinajstić information content (AvgIpc) is 3.11. The highest BCUT2D eigenvalue weighted by Crippen LogP contribution is 2.26. The van der Waals surface area contributed by atoms with Gasteiger partial charge in [-0.2, -0.15) is 0 Å². The first-order valence-electron chi connectivity index (χ1n) is 9.03. The van der Waals surface area contributed by atoms with Gasteiger partial charge in [-0.05, 0) is 18.2 Å². The molecule has 3 N–H and O–H groups in total. The summed E-state index contributed by atoms with van der Waals surface area (Å²) in [4.78, 5) is 39.8. The van der Waals surface area contributed by atoms with E-state index in [1.807, 2.05) is 0 Å². The average molecular weight is 405 g/mol. The number of aliphatic hydroxyl groups is 2. The van der Waals surface area contributed by atoms with Crippen molar-refractivity contribution in [2.75, 3.05) is 20.8 Å². The summed E-state index contributed by atoms with van der Waals surface area (Å²) in [6.45, 7) is -0.257. The van der Waals surface area contributed by atoms with Gasteiger partial charge in [-0.15, -0.1) is 0 Å². The summed E-state index contributed by atoms with van der Waals surface area (Å²) in [5.41, 5.74) is 0.233. The molecule has 1 aromatic carbocycles. The molecule has 0 saturated carbocycles. The Morgan fingerprint density at radius 2 is 2.00 bits per heavy atom. The van der Waals surface area contributed by atoms with Gasteiger partial charge in [0, 0.05) is 19.7 Å². The van der Waals surface area contributed by atoms with E-state index in [9.17, 15) is 24.6 Å². The molecule has 2 heterocycles. The first-order valence-corrected chi connectivity index (χ1v) is 9.03. The highest BCUT2D eigenvalue weighted by molar-refractivity contribution is 6.05. The predicted molar refractivity (Wildman–Crippen MR) is 99.5 cm³/mol. The zero-order valence-electron chi connectivity index (χ0n) is 16.0. The van der Waals surface area contributed by atoms with Crippen LogP contribution in [0, 0.1) is 0 Å². The van der Waals surface area contributed by atoms with Gasteiger partial charge in [-0.1, -0.05) is 12.1 Å². The number of esters is 1. The Labute approximate surface area is 167 Å². The van der Waals surface area contributed by atoms with Gasteiger partial charge < -0.3 is 29.9 Å². The summed E-state index contributed by atoms with van der Waals surface area (Å²) < 4.78 is 10.2. The van der Waals surface area contributed by atoms with Crippen molar-refractivity contribution in [1.82, 2.24) is 15.1 Å². The molecule has 3 amide bonds. The maximum absolute atomic E-state index is 12.7. The summed E-state index contributed by atoms with van der Waals surface area (Å²) in [7, 11) is 2.71. The minimum Gasteiger partial charge on any atom is -0.465 e. The topological polar surface area (TPSA) is 129 Å². The molecule has 2 aliphatic heterocycles. The molecule has 29 heavy (non-hydrogen) atoms. The second-order valence-corrected chi connectivity index (χ2v) is 6.73. The summed E-state index contributed by atoms with van der Waals surface area (Å²) in [5.74, 6) is -1.19. The minimum atomic E-state index is -0.938. The quantitative estimate of drug-likeness (QED) is 0.583. The van der Waals surface area contributed by atoms with Crippen LogP contribution in [0.2, 0.25) is 0 Å². The van der Waals surface area contributed by atoms with E-state index in [-0.39, 0.29) is 24.2 Å². The van der Waals surface area contributed by atoms with Crippen molar-refractivity contribution in [3.63, 3.8) is 0 Å². The molecule has 1 fully saturated rings. The fourth-order valence-corrected chi connectivity index (χ4v) is 3.29. The fraction of sp³-hybridized carbons (Fsp3) is 0.421. The number of carbonyl (C=O) groups excluding carboxylic acids is 3. The molecule has 4 atom stereocenters. The van der Waals surface area contributed by atoms with Crippen molar-refractivity contribution < 1.29 is 34.1 Å². The van der Waals surface area contributed by atoms with Crippen LogP contribution in [0.1, 0.15) is 27.1 Å². The number of amides is 3. The minimum absolute atomic E-state index is 0.111. The van der Waals surface area contributed by atoms with E-state index in [1.165, 1.54) is 42.3 Å². The van der Waals surface area contributed by atoms with Gasteiger partial charge in [0.25, 0.3) is 5.91 Å². The van der Waals surface area contributed by atoms with Crippen LogP contribution in [0.25, 0.3) is 0 Å². The van der Waals surface area contributed by atoms with Crippen molar-refractivity contribution in [3.05, 3.63) is 47.7 Å². The molecule has 0 aromatic heterocycles. The number of urea groups is 1. The molecule has 10 nitrogen and oxygen atoms in total. The molecule has 2 aliphatic rings. The Hall–Kier alpha value is -2.95. The lowest BCUT2D eigenvalue weighted by molar-refractivity contribution is -0.0700. The van der Waals surface area contributed by atoms with Gasteiger partial charge in [0.2, 0.25) is 0 Å². The molecule has 3 rings (SSSR count). The highest BCUT2D eigenvalue weighted by atomic mass is 16.5. The monoisotopic (exact) mass is 405 g/mol. The van der Waals surface area contributed by atoms with Crippen molar-refractivity contribution in [2.45, 2.75) is 31.0 Å². The van der Waals surface area contributed by atoms with E-state index >= 15 is 0 Å². The Bertz CT molecular complexity index is 828. The van der Waals surface area contributed by atoms with E-state index in [0.717, 1.165) is 0 Å². The Kier molecular flexibility index (Phi) is 6.16. The maximum atomic E-state index is 12.7. The number of ether oxygens (including phenoxy) is 2. The number of hydrogen-bond acceptors (Lipinski definition) is 7. The highest BCUT2D eigenvalue weighted by Gasteiger charge is 2.42. The number of nitrogens with one attached hydrogen (secondary N) is 1.